The van der Waals surface area contributed by atoms with Crippen molar-refractivity contribution in [3.8, 4) is 11.5 Å². The summed E-state index contributed by atoms with van der Waals surface area (Å²) in [5.41, 5.74) is 1.94. The molecule has 0 aliphatic carbocycles. The number of anilines is 2. The number of hydrogen-bond donors (Lipinski definition) is 3. The Balaban J connectivity index is 0.00000196. The van der Waals surface area contributed by atoms with E-state index in [0.29, 0.717) is 22.5 Å². The van der Waals surface area contributed by atoms with Crippen LogP contribution in [-0.4, -0.2) is 29.3 Å². The van der Waals surface area contributed by atoms with Gasteiger partial charge in [0.15, 0.2) is 0 Å². The Kier molecular flexibility index (Phi) is 12.2. The van der Waals surface area contributed by atoms with Gasteiger partial charge in [-0.1, -0.05) is 84.9 Å². The second-order valence-electron chi connectivity index (χ2n) is 9.01. The quantitative estimate of drug-likeness (QED) is 0.263. The van der Waals surface area contributed by atoms with Crippen LogP contribution in [0.15, 0.2) is 109 Å². The van der Waals surface area contributed by atoms with Crippen LogP contribution >= 0.6 is 0 Å². The average molecular weight is 635 g/mol. The predicted molar refractivity (Wildman–Crippen MR) is 142 cm³/mol. The van der Waals surface area contributed by atoms with Gasteiger partial charge in [-0.15, -0.1) is 11.5 Å². The second kappa shape index (κ2) is 15.1. The van der Waals surface area contributed by atoms with Gasteiger partial charge >= 0.3 is 0 Å². The molecule has 0 bridgehead atoms. The van der Waals surface area contributed by atoms with E-state index >= 15 is 0 Å². The Morgan fingerprint density at radius 2 is 1.15 bits per heavy atom. The van der Waals surface area contributed by atoms with Gasteiger partial charge in [-0.05, 0) is 35.4 Å². The molecule has 41 heavy (non-hydrogen) atoms. The van der Waals surface area contributed by atoms with Crippen LogP contribution < -0.4 is 26.2 Å². The molecule has 0 aromatic heterocycles. The molecule has 10 nitrogen and oxygen atoms in total. The Labute approximate surface area is 251 Å². The summed E-state index contributed by atoms with van der Waals surface area (Å²) >= 11 is 0. The van der Waals surface area contributed by atoms with Crippen molar-refractivity contribution in [2.45, 2.75) is 18.2 Å². The maximum atomic E-state index is 13.6. The van der Waals surface area contributed by atoms with Crippen molar-refractivity contribution in [3.05, 3.63) is 120 Å². The van der Waals surface area contributed by atoms with E-state index in [1.807, 2.05) is 24.3 Å². The van der Waals surface area contributed by atoms with Gasteiger partial charge in [0.25, 0.3) is 0 Å². The van der Waals surface area contributed by atoms with Crippen LogP contribution in [0.5, 0.6) is 11.5 Å². The van der Waals surface area contributed by atoms with Gasteiger partial charge in [0.1, 0.15) is 6.04 Å². The minimum absolute atomic E-state index is 0. The molecule has 3 N–H and O–H groups in total. The molecule has 1 aliphatic rings. The summed E-state index contributed by atoms with van der Waals surface area (Å²) in [6, 6.07) is 29.1. The van der Waals surface area contributed by atoms with Crippen molar-refractivity contribution < 1.29 is 51.8 Å². The molecule has 5 rings (SSSR count). The predicted octanol–water partition coefficient (Wildman–Crippen LogP) is 2.88. The number of hydrogen-bond acceptors (Lipinski definition) is 6. The van der Waals surface area contributed by atoms with Crippen molar-refractivity contribution in [2.24, 2.45) is 0 Å². The molecule has 0 radical (unpaired) electrons. The first-order valence-corrected chi connectivity index (χ1v) is 12.3. The minimum Gasteiger partial charge on any atom is -2.00 e. The van der Waals surface area contributed by atoms with Crippen LogP contribution in [0.3, 0.4) is 0 Å². The van der Waals surface area contributed by atoms with Gasteiger partial charge in [0.05, 0.1) is 18.8 Å². The molecular formula is C30H26MoN4O6-6. The number of carbonyl (C=O) groups excluding carboxylic acids is 2. The second-order valence-corrected chi connectivity index (χ2v) is 9.01. The van der Waals surface area contributed by atoms with Gasteiger partial charge in [0, 0.05) is 32.4 Å². The van der Waals surface area contributed by atoms with E-state index in [2.05, 4.69) is 16.0 Å². The van der Waals surface area contributed by atoms with E-state index in [4.69, 9.17) is 0 Å². The number of nitrogens with zero attached hydrogens (tertiary/aromatic N) is 1. The molecule has 2 amide bonds. The summed E-state index contributed by atoms with van der Waals surface area (Å²) in [7, 11) is 0. The topological polar surface area (TPSA) is 177 Å². The van der Waals surface area contributed by atoms with E-state index in [-0.39, 0.29) is 61.9 Å². The number of benzene rings is 4. The van der Waals surface area contributed by atoms with Crippen LogP contribution in [0.2, 0.25) is 0 Å². The zero-order chi connectivity index (χ0) is 26.5. The van der Waals surface area contributed by atoms with Crippen molar-refractivity contribution in [1.82, 2.24) is 10.2 Å². The molecule has 1 aliphatic heterocycles. The maximum absolute atomic E-state index is 13.6. The minimum atomic E-state index is -0.931. The standard InChI is InChI=1S/C30H28N4O4.Mo.2O/c35-24-17-9-7-15-22(24)28-27(30(38)32-21-13-5-2-6-14-21)33-29(23-16-8-10-18-25(23)36)34(28)19-26(37)31-20-11-3-1-4-12-20;;;/h1-18,27-29,33,35-36H,19H2,(H,31,37)(H,32,38);;;/q;;2*-2/p-2/t27-,28+,29-;;;/m0.../s1. The summed E-state index contributed by atoms with van der Waals surface area (Å²) in [5, 5.41) is 34.9. The Morgan fingerprint density at radius 1 is 0.683 bits per heavy atom. The normalized spacial score (nSPS) is 17.7. The van der Waals surface area contributed by atoms with E-state index in [9.17, 15) is 19.8 Å². The van der Waals surface area contributed by atoms with Gasteiger partial charge in [-0.3, -0.25) is 19.8 Å². The SMILES string of the molecule is O=C(CN1[C@@H](c2ccccc2[O-])N[C@H](C(=O)Nc2ccccc2)[C@H]1c1ccccc1[O-])Nc1ccccc1.[Mo].[O-2].[O-2]. The third-order valence-corrected chi connectivity index (χ3v) is 6.50. The van der Waals surface area contributed by atoms with E-state index in [1.165, 1.54) is 12.1 Å². The molecule has 3 atom stereocenters. The number of amides is 2. The van der Waals surface area contributed by atoms with Crippen molar-refractivity contribution in [2.75, 3.05) is 17.2 Å². The van der Waals surface area contributed by atoms with Crippen molar-refractivity contribution in [3.63, 3.8) is 0 Å². The van der Waals surface area contributed by atoms with Crippen LogP contribution in [0.25, 0.3) is 0 Å². The zero-order valence-corrected chi connectivity index (χ0v) is 23.6. The number of para-hydroxylation sites is 4. The van der Waals surface area contributed by atoms with Gasteiger partial charge in [0.2, 0.25) is 11.8 Å². The fourth-order valence-electron chi connectivity index (χ4n) is 4.81. The molecule has 0 unspecified atom stereocenters. The van der Waals surface area contributed by atoms with Crippen LogP contribution in [0.1, 0.15) is 23.3 Å². The maximum Gasteiger partial charge on any atom is 0.243 e. The summed E-state index contributed by atoms with van der Waals surface area (Å²) in [4.78, 5) is 28.5. The fraction of sp³-hybridized carbons (Fsp3) is 0.133. The first kappa shape index (κ1) is 33.2. The van der Waals surface area contributed by atoms with Gasteiger partial charge in [-0.2, -0.15) is 0 Å². The smallest absolute Gasteiger partial charge is 0.243 e. The molecule has 0 saturated carbocycles. The Bertz CT molecular complexity index is 1430. The van der Waals surface area contributed by atoms with Gasteiger partial charge < -0.3 is 31.8 Å². The summed E-state index contributed by atoms with van der Waals surface area (Å²) < 4.78 is 0. The number of nitrogens with one attached hydrogen (secondary N) is 3. The molecular weight excluding hydrogens is 608 g/mol. The monoisotopic (exact) mass is 636 g/mol. The molecule has 0 spiro atoms. The third kappa shape index (κ3) is 7.58. The van der Waals surface area contributed by atoms with E-state index in [1.54, 1.807) is 77.7 Å². The zero-order valence-electron chi connectivity index (χ0n) is 21.6. The van der Waals surface area contributed by atoms with Crippen LogP contribution in [-0.2, 0) is 41.6 Å². The molecule has 1 saturated heterocycles. The van der Waals surface area contributed by atoms with Crippen LogP contribution in [0.4, 0.5) is 11.4 Å². The Hall–Kier alpha value is -4.05. The summed E-state index contributed by atoms with van der Waals surface area (Å²) in [6.45, 7) is -0.172. The molecule has 11 heteroatoms. The number of carbonyl (C=O) groups is 2. The molecule has 4 aromatic carbocycles. The van der Waals surface area contributed by atoms with E-state index < -0.39 is 18.2 Å². The van der Waals surface area contributed by atoms with Crippen molar-refractivity contribution in [1.29, 1.82) is 0 Å². The average Bonchev–Trinajstić information content (AvgIpc) is 3.29. The van der Waals surface area contributed by atoms with Crippen LogP contribution in [0, 0.1) is 0 Å². The molecule has 1 fully saturated rings. The first-order valence-electron chi connectivity index (χ1n) is 12.3. The molecule has 4 aromatic rings. The largest absolute Gasteiger partial charge is 2.00 e. The first-order chi connectivity index (χ1) is 18.5. The summed E-state index contributed by atoms with van der Waals surface area (Å²) in [6.07, 6.45) is -0.790. The molecule has 1 heterocycles. The summed E-state index contributed by atoms with van der Waals surface area (Å²) in [5.74, 6) is -1.23. The van der Waals surface area contributed by atoms with E-state index in [0.717, 1.165) is 0 Å². The Morgan fingerprint density at radius 3 is 1.68 bits per heavy atom. The fourth-order valence-corrected chi connectivity index (χ4v) is 4.81. The molecule has 214 valence electrons. The van der Waals surface area contributed by atoms with Gasteiger partial charge in [-0.25, -0.2) is 0 Å². The third-order valence-electron chi connectivity index (χ3n) is 6.50. The van der Waals surface area contributed by atoms with Crippen molar-refractivity contribution >= 4 is 23.2 Å². The number of rotatable bonds is 7.